The number of hydrogen-bond acceptors (Lipinski definition) is 4. The minimum absolute atomic E-state index is 0.0251. The van der Waals surface area contributed by atoms with Gasteiger partial charge in [0.05, 0.1) is 19.0 Å². The van der Waals surface area contributed by atoms with E-state index in [1.54, 1.807) is 4.90 Å². The van der Waals surface area contributed by atoms with Crippen LogP contribution in [0.3, 0.4) is 0 Å². The molecular weight excluding hydrogens is 272 g/mol. The summed E-state index contributed by atoms with van der Waals surface area (Å²) in [7, 11) is 0. The highest BCUT2D eigenvalue weighted by atomic mass is 16.4. The summed E-state index contributed by atoms with van der Waals surface area (Å²) in [5.41, 5.74) is 0. The number of carboxylic acids is 1. The largest absolute Gasteiger partial charge is 0.480 e. The molecule has 2 fully saturated rings. The number of nitrogens with zero attached hydrogens (tertiary/aromatic N) is 2. The van der Waals surface area contributed by atoms with Gasteiger partial charge in [0.2, 0.25) is 11.8 Å². The van der Waals surface area contributed by atoms with E-state index in [1.165, 1.54) is 4.90 Å². The zero-order valence-corrected chi connectivity index (χ0v) is 12.6. The molecule has 6 heteroatoms. The highest BCUT2D eigenvalue weighted by Crippen LogP contribution is 2.29. The molecule has 0 aromatic carbocycles. The predicted octanol–water partition coefficient (Wildman–Crippen LogP) is 1.24. The van der Waals surface area contributed by atoms with Crippen LogP contribution in [0.15, 0.2) is 0 Å². The Kier molecular flexibility index (Phi) is 5.33. The molecule has 1 aliphatic heterocycles. The molecule has 118 valence electrons. The van der Waals surface area contributed by atoms with E-state index in [9.17, 15) is 14.4 Å². The molecule has 21 heavy (non-hydrogen) atoms. The zero-order valence-electron chi connectivity index (χ0n) is 12.6. The molecule has 0 aromatic heterocycles. The van der Waals surface area contributed by atoms with E-state index in [1.807, 2.05) is 6.92 Å². The Hall–Kier alpha value is -1.43. The van der Waals surface area contributed by atoms with Crippen molar-refractivity contribution in [3.63, 3.8) is 0 Å². The van der Waals surface area contributed by atoms with Gasteiger partial charge in [-0.3, -0.25) is 24.2 Å². The van der Waals surface area contributed by atoms with Crippen molar-refractivity contribution in [3.8, 4) is 0 Å². The molecule has 1 saturated heterocycles. The molecule has 1 heterocycles. The van der Waals surface area contributed by atoms with E-state index in [0.717, 1.165) is 38.5 Å². The fourth-order valence-electron chi connectivity index (χ4n) is 3.45. The molecule has 0 spiro atoms. The monoisotopic (exact) mass is 296 g/mol. The average Bonchev–Trinajstić information content (AvgIpc) is 2.74. The van der Waals surface area contributed by atoms with Gasteiger partial charge in [-0.15, -0.1) is 0 Å². The van der Waals surface area contributed by atoms with Gasteiger partial charge in [0, 0.05) is 6.04 Å². The van der Waals surface area contributed by atoms with Crippen molar-refractivity contribution in [2.75, 3.05) is 13.1 Å². The topological polar surface area (TPSA) is 77.9 Å². The third kappa shape index (κ3) is 3.61. The maximum Gasteiger partial charge on any atom is 0.317 e. The van der Waals surface area contributed by atoms with Crippen LogP contribution in [-0.2, 0) is 14.4 Å². The first-order valence-electron chi connectivity index (χ1n) is 7.86. The van der Waals surface area contributed by atoms with Gasteiger partial charge in [-0.2, -0.15) is 0 Å². The molecule has 1 unspecified atom stereocenters. The Morgan fingerprint density at radius 2 is 1.95 bits per heavy atom. The number of carboxylic acid groups (broad SMARTS) is 1. The number of likely N-dealkylation sites (tertiary alicyclic amines) is 1. The van der Waals surface area contributed by atoms with Gasteiger partial charge in [-0.1, -0.05) is 26.2 Å². The van der Waals surface area contributed by atoms with Gasteiger partial charge in [0.15, 0.2) is 0 Å². The van der Waals surface area contributed by atoms with Crippen molar-refractivity contribution in [1.29, 1.82) is 0 Å². The molecule has 2 aliphatic rings. The smallest absolute Gasteiger partial charge is 0.317 e. The third-order valence-corrected chi connectivity index (χ3v) is 4.39. The van der Waals surface area contributed by atoms with E-state index in [0.29, 0.717) is 6.54 Å². The van der Waals surface area contributed by atoms with Gasteiger partial charge >= 0.3 is 5.97 Å². The van der Waals surface area contributed by atoms with Crippen LogP contribution in [0.1, 0.15) is 51.9 Å². The summed E-state index contributed by atoms with van der Waals surface area (Å²) in [6, 6.07) is -0.562. The second-order valence-corrected chi connectivity index (χ2v) is 5.98. The van der Waals surface area contributed by atoms with Crippen LogP contribution in [0, 0.1) is 0 Å². The number of amides is 2. The second kappa shape index (κ2) is 7.02. The van der Waals surface area contributed by atoms with Crippen LogP contribution in [-0.4, -0.2) is 57.9 Å². The summed E-state index contributed by atoms with van der Waals surface area (Å²) < 4.78 is 0. The van der Waals surface area contributed by atoms with Crippen LogP contribution >= 0.6 is 0 Å². The van der Waals surface area contributed by atoms with E-state index in [-0.39, 0.29) is 30.8 Å². The van der Waals surface area contributed by atoms with Crippen LogP contribution in [0.2, 0.25) is 0 Å². The van der Waals surface area contributed by atoms with Crippen LogP contribution in [0.4, 0.5) is 0 Å². The molecule has 1 aliphatic carbocycles. The molecule has 1 atom stereocenters. The lowest BCUT2D eigenvalue weighted by Crippen LogP contribution is -2.47. The van der Waals surface area contributed by atoms with Crippen molar-refractivity contribution < 1.29 is 19.5 Å². The van der Waals surface area contributed by atoms with Gasteiger partial charge in [-0.25, -0.2) is 0 Å². The molecule has 1 N–H and O–H groups in total. The molecule has 0 radical (unpaired) electrons. The molecule has 1 saturated carbocycles. The first-order valence-corrected chi connectivity index (χ1v) is 7.86. The highest BCUT2D eigenvalue weighted by Gasteiger charge is 2.45. The molecule has 0 aromatic rings. The molecule has 2 amide bonds. The van der Waals surface area contributed by atoms with Gasteiger partial charge < -0.3 is 5.11 Å². The Morgan fingerprint density at radius 1 is 1.29 bits per heavy atom. The Balaban J connectivity index is 2.09. The summed E-state index contributed by atoms with van der Waals surface area (Å²) >= 11 is 0. The van der Waals surface area contributed by atoms with E-state index in [2.05, 4.69) is 0 Å². The van der Waals surface area contributed by atoms with Crippen molar-refractivity contribution in [2.24, 2.45) is 0 Å². The maximum atomic E-state index is 12.6. The third-order valence-electron chi connectivity index (χ3n) is 4.39. The summed E-state index contributed by atoms with van der Waals surface area (Å²) in [4.78, 5) is 38.8. The molecule has 6 nitrogen and oxygen atoms in total. The van der Waals surface area contributed by atoms with Crippen molar-refractivity contribution in [1.82, 2.24) is 9.80 Å². The zero-order chi connectivity index (χ0) is 15.4. The summed E-state index contributed by atoms with van der Waals surface area (Å²) in [5, 5.41) is 8.99. The average molecular weight is 296 g/mol. The SMILES string of the molecule is CCCN(CC(=O)O)C1CC(=O)N(C2CCCCC2)C1=O. The summed E-state index contributed by atoms with van der Waals surface area (Å²) in [5.74, 6) is -1.29. The predicted molar refractivity (Wildman–Crippen MR) is 76.6 cm³/mol. The number of aliphatic carboxylic acids is 1. The van der Waals surface area contributed by atoms with E-state index in [4.69, 9.17) is 5.11 Å². The van der Waals surface area contributed by atoms with Gasteiger partial charge in [0.25, 0.3) is 0 Å². The van der Waals surface area contributed by atoms with Crippen LogP contribution in [0.25, 0.3) is 0 Å². The van der Waals surface area contributed by atoms with E-state index >= 15 is 0 Å². The standard InChI is InChI=1S/C15H24N2O4/c1-2-8-16(10-14(19)20)12-9-13(18)17(15(12)21)11-6-4-3-5-7-11/h11-12H,2-10H2,1H3,(H,19,20). The fraction of sp³-hybridized carbons (Fsp3) is 0.800. The second-order valence-electron chi connectivity index (χ2n) is 5.98. The lowest BCUT2D eigenvalue weighted by molar-refractivity contribution is -0.143. The Morgan fingerprint density at radius 3 is 2.52 bits per heavy atom. The Bertz CT molecular complexity index is 418. The van der Waals surface area contributed by atoms with Crippen LogP contribution in [0.5, 0.6) is 0 Å². The maximum absolute atomic E-state index is 12.6. The van der Waals surface area contributed by atoms with E-state index < -0.39 is 12.0 Å². The minimum atomic E-state index is -0.959. The lowest BCUT2D eigenvalue weighted by Gasteiger charge is -2.31. The summed E-state index contributed by atoms with van der Waals surface area (Å²) in [6.07, 6.45) is 5.93. The number of carbonyl (C=O) groups is 3. The molecule has 0 bridgehead atoms. The quantitative estimate of drug-likeness (QED) is 0.746. The molecular formula is C15H24N2O4. The number of rotatable bonds is 6. The highest BCUT2D eigenvalue weighted by molar-refractivity contribution is 6.06. The number of carbonyl (C=O) groups excluding carboxylic acids is 2. The normalized spacial score (nSPS) is 24.1. The van der Waals surface area contributed by atoms with Crippen molar-refractivity contribution >= 4 is 17.8 Å². The van der Waals surface area contributed by atoms with Gasteiger partial charge in [0.1, 0.15) is 0 Å². The fourth-order valence-corrected chi connectivity index (χ4v) is 3.45. The Labute approximate surface area is 125 Å². The lowest BCUT2D eigenvalue weighted by atomic mass is 9.94. The summed E-state index contributed by atoms with van der Waals surface area (Å²) in [6.45, 7) is 2.28. The number of hydrogen-bond donors (Lipinski definition) is 1. The minimum Gasteiger partial charge on any atom is -0.480 e. The van der Waals surface area contributed by atoms with Crippen molar-refractivity contribution in [3.05, 3.63) is 0 Å². The first-order chi connectivity index (χ1) is 10.0. The van der Waals surface area contributed by atoms with Crippen molar-refractivity contribution in [2.45, 2.75) is 64.0 Å². The first kappa shape index (κ1) is 15.9. The van der Waals surface area contributed by atoms with Crippen LogP contribution < -0.4 is 0 Å². The number of imide groups is 1. The van der Waals surface area contributed by atoms with Gasteiger partial charge in [-0.05, 0) is 25.8 Å². The molecule has 2 rings (SSSR count).